The van der Waals surface area contributed by atoms with Crippen LogP contribution in [-0.4, -0.2) is 34.0 Å². The molecule has 0 saturated carbocycles. The molecule has 8 heteroatoms. The van der Waals surface area contributed by atoms with Gasteiger partial charge in [-0.3, -0.25) is 9.59 Å². The number of nitrogens with zero attached hydrogens (tertiary/aromatic N) is 2. The van der Waals surface area contributed by atoms with E-state index in [1.807, 2.05) is 20.8 Å². The number of nitrogens with one attached hydrogen (secondary N) is 2. The Kier molecular flexibility index (Phi) is 6.07. The van der Waals surface area contributed by atoms with Gasteiger partial charge in [0.25, 0.3) is 0 Å². The third-order valence-corrected chi connectivity index (χ3v) is 3.42. The molecular weight excluding hydrogens is 339 g/mol. The third kappa shape index (κ3) is 5.94. The van der Waals surface area contributed by atoms with Gasteiger partial charge in [-0.2, -0.15) is 4.98 Å². The molecule has 0 bridgehead atoms. The molecule has 1 aromatic carbocycles. The van der Waals surface area contributed by atoms with Crippen molar-refractivity contribution in [3.8, 4) is 11.4 Å². The number of carbonyl (C=O) groups excluding carboxylic acids is 2. The van der Waals surface area contributed by atoms with Gasteiger partial charge in [0.15, 0.2) is 0 Å². The van der Waals surface area contributed by atoms with Crippen molar-refractivity contribution in [3.05, 3.63) is 35.5 Å². The van der Waals surface area contributed by atoms with Gasteiger partial charge in [0.2, 0.25) is 23.5 Å². The van der Waals surface area contributed by atoms with E-state index in [0.29, 0.717) is 11.1 Å². The maximum Gasteiger partial charge on any atom is 0.239 e. The predicted molar refractivity (Wildman–Crippen MR) is 93.7 cm³/mol. The normalized spacial score (nSPS) is 11.3. The van der Waals surface area contributed by atoms with E-state index in [4.69, 9.17) is 4.52 Å². The lowest BCUT2D eigenvalue weighted by atomic mass is 10.1. The lowest BCUT2D eigenvalue weighted by Gasteiger charge is -2.20. The minimum atomic E-state index is -0.350. The van der Waals surface area contributed by atoms with Crippen LogP contribution in [0, 0.1) is 12.7 Å². The Bertz CT molecular complexity index is 796. The first-order valence-corrected chi connectivity index (χ1v) is 8.31. The van der Waals surface area contributed by atoms with Gasteiger partial charge in [0, 0.05) is 23.9 Å². The number of carbonyl (C=O) groups is 2. The SMILES string of the molecule is Cc1ccc(-c2noc(CCC(=O)NCC(=O)NC(C)(C)C)n2)cc1F. The number of rotatable bonds is 6. The zero-order valence-corrected chi connectivity index (χ0v) is 15.4. The van der Waals surface area contributed by atoms with Gasteiger partial charge in [0.05, 0.1) is 6.54 Å². The van der Waals surface area contributed by atoms with E-state index < -0.39 is 0 Å². The number of halogens is 1. The molecule has 2 N–H and O–H groups in total. The Morgan fingerprint density at radius 3 is 2.62 bits per heavy atom. The Hall–Kier alpha value is -2.77. The highest BCUT2D eigenvalue weighted by Crippen LogP contribution is 2.19. The van der Waals surface area contributed by atoms with E-state index in [0.717, 1.165) is 0 Å². The Labute approximate surface area is 151 Å². The molecule has 0 aliphatic rings. The number of amides is 2. The Morgan fingerprint density at radius 2 is 1.96 bits per heavy atom. The first-order chi connectivity index (χ1) is 12.1. The van der Waals surface area contributed by atoms with Crippen molar-refractivity contribution in [2.75, 3.05) is 6.54 Å². The second kappa shape index (κ2) is 8.07. The molecule has 2 amide bonds. The molecule has 26 heavy (non-hydrogen) atoms. The van der Waals surface area contributed by atoms with Gasteiger partial charge in [0.1, 0.15) is 5.82 Å². The Morgan fingerprint density at radius 1 is 1.23 bits per heavy atom. The average Bonchev–Trinajstić information content (AvgIpc) is 3.01. The van der Waals surface area contributed by atoms with E-state index in [1.54, 1.807) is 19.1 Å². The van der Waals surface area contributed by atoms with Crippen LogP contribution in [0.5, 0.6) is 0 Å². The zero-order valence-electron chi connectivity index (χ0n) is 15.4. The summed E-state index contributed by atoms with van der Waals surface area (Å²) in [6.45, 7) is 7.16. The second-order valence-corrected chi connectivity index (χ2v) is 7.05. The molecule has 0 spiro atoms. The van der Waals surface area contributed by atoms with Gasteiger partial charge in [-0.05, 0) is 39.3 Å². The third-order valence-electron chi connectivity index (χ3n) is 3.42. The van der Waals surface area contributed by atoms with Crippen molar-refractivity contribution in [3.63, 3.8) is 0 Å². The summed E-state index contributed by atoms with van der Waals surface area (Å²) in [7, 11) is 0. The zero-order chi connectivity index (χ0) is 19.3. The summed E-state index contributed by atoms with van der Waals surface area (Å²) >= 11 is 0. The molecule has 1 heterocycles. The van der Waals surface area contributed by atoms with Crippen molar-refractivity contribution in [1.29, 1.82) is 0 Å². The van der Waals surface area contributed by atoms with E-state index in [1.165, 1.54) is 6.07 Å². The van der Waals surface area contributed by atoms with Crippen molar-refractivity contribution >= 4 is 11.8 Å². The van der Waals surface area contributed by atoms with Crippen molar-refractivity contribution < 1.29 is 18.5 Å². The summed E-state index contributed by atoms with van der Waals surface area (Å²) in [4.78, 5) is 27.6. The summed E-state index contributed by atoms with van der Waals surface area (Å²) in [5.41, 5.74) is 0.688. The van der Waals surface area contributed by atoms with E-state index in [9.17, 15) is 14.0 Å². The first-order valence-electron chi connectivity index (χ1n) is 8.31. The lowest BCUT2D eigenvalue weighted by Crippen LogP contribution is -2.45. The van der Waals surface area contributed by atoms with Crippen LogP contribution in [0.1, 0.15) is 38.6 Å². The molecule has 0 aliphatic carbocycles. The maximum absolute atomic E-state index is 13.6. The highest BCUT2D eigenvalue weighted by Gasteiger charge is 2.15. The molecule has 2 rings (SSSR count). The average molecular weight is 362 g/mol. The van der Waals surface area contributed by atoms with Gasteiger partial charge in [-0.15, -0.1) is 0 Å². The fourth-order valence-corrected chi connectivity index (χ4v) is 2.16. The van der Waals surface area contributed by atoms with Crippen LogP contribution < -0.4 is 10.6 Å². The first kappa shape index (κ1) is 19.6. The van der Waals surface area contributed by atoms with Crippen LogP contribution >= 0.6 is 0 Å². The quantitative estimate of drug-likeness (QED) is 0.821. The van der Waals surface area contributed by atoms with E-state index in [-0.39, 0.29) is 54.3 Å². The molecule has 140 valence electrons. The number of aryl methyl sites for hydroxylation is 2. The minimum Gasteiger partial charge on any atom is -0.350 e. The Balaban J connectivity index is 1.83. The number of hydrogen-bond donors (Lipinski definition) is 2. The lowest BCUT2D eigenvalue weighted by molar-refractivity contribution is -0.126. The summed E-state index contributed by atoms with van der Waals surface area (Å²) in [6.07, 6.45) is 0.334. The summed E-state index contributed by atoms with van der Waals surface area (Å²) in [6, 6.07) is 4.68. The molecule has 0 aliphatic heterocycles. The molecule has 0 atom stereocenters. The second-order valence-electron chi connectivity index (χ2n) is 7.05. The fourth-order valence-electron chi connectivity index (χ4n) is 2.16. The van der Waals surface area contributed by atoms with Crippen LogP contribution in [0.25, 0.3) is 11.4 Å². The number of benzene rings is 1. The van der Waals surface area contributed by atoms with E-state index >= 15 is 0 Å². The van der Waals surface area contributed by atoms with Gasteiger partial charge < -0.3 is 15.2 Å². The highest BCUT2D eigenvalue weighted by atomic mass is 19.1. The minimum absolute atomic E-state index is 0.0895. The molecule has 0 radical (unpaired) electrons. The topological polar surface area (TPSA) is 97.1 Å². The number of aromatic nitrogens is 2. The molecule has 0 saturated heterocycles. The number of hydrogen-bond acceptors (Lipinski definition) is 5. The maximum atomic E-state index is 13.6. The van der Waals surface area contributed by atoms with Crippen molar-refractivity contribution in [2.45, 2.75) is 46.1 Å². The van der Waals surface area contributed by atoms with Gasteiger partial charge >= 0.3 is 0 Å². The van der Waals surface area contributed by atoms with E-state index in [2.05, 4.69) is 20.8 Å². The van der Waals surface area contributed by atoms with Crippen molar-refractivity contribution in [2.24, 2.45) is 0 Å². The molecule has 0 fully saturated rings. The highest BCUT2D eigenvalue weighted by molar-refractivity contribution is 5.85. The van der Waals surface area contributed by atoms with Crippen LogP contribution in [0.2, 0.25) is 0 Å². The monoisotopic (exact) mass is 362 g/mol. The summed E-state index contributed by atoms with van der Waals surface area (Å²) < 4.78 is 18.7. The molecule has 7 nitrogen and oxygen atoms in total. The molecule has 0 unspecified atom stereocenters. The molecular formula is C18H23FN4O3. The fraction of sp³-hybridized carbons (Fsp3) is 0.444. The largest absolute Gasteiger partial charge is 0.350 e. The summed E-state index contributed by atoms with van der Waals surface area (Å²) in [5.74, 6) is -0.358. The van der Waals surface area contributed by atoms with Crippen LogP contribution in [-0.2, 0) is 16.0 Å². The molecule has 1 aromatic heterocycles. The van der Waals surface area contributed by atoms with Gasteiger partial charge in [-0.1, -0.05) is 17.3 Å². The van der Waals surface area contributed by atoms with Crippen LogP contribution in [0.3, 0.4) is 0 Å². The van der Waals surface area contributed by atoms with Crippen LogP contribution in [0.4, 0.5) is 4.39 Å². The standard InChI is InChI=1S/C18H23FN4O3/c1-11-5-6-12(9-13(11)19)17-21-16(26-23-17)8-7-14(24)20-10-15(25)22-18(2,3)4/h5-6,9H,7-8,10H2,1-4H3,(H,20,24)(H,22,25). The smallest absolute Gasteiger partial charge is 0.239 e. The summed E-state index contributed by atoms with van der Waals surface area (Å²) in [5, 5.41) is 9.09. The molecule has 2 aromatic rings. The van der Waals surface area contributed by atoms with Crippen molar-refractivity contribution in [1.82, 2.24) is 20.8 Å². The predicted octanol–water partition coefficient (Wildman–Crippen LogP) is 2.15. The van der Waals surface area contributed by atoms with Gasteiger partial charge in [-0.25, -0.2) is 4.39 Å². The van der Waals surface area contributed by atoms with Crippen LogP contribution in [0.15, 0.2) is 22.7 Å².